The third-order valence-corrected chi connectivity index (χ3v) is 4.61. The Balaban J connectivity index is 1.78. The van der Waals surface area contributed by atoms with Gasteiger partial charge in [0.2, 0.25) is 5.91 Å². The van der Waals surface area contributed by atoms with Gasteiger partial charge in [-0.2, -0.15) is 0 Å². The lowest BCUT2D eigenvalue weighted by atomic mass is 9.85. The molecule has 2 rings (SSSR count). The highest BCUT2D eigenvalue weighted by atomic mass is 16.3. The molecule has 2 aliphatic rings. The molecule has 3 nitrogen and oxygen atoms in total. The molecule has 1 amide bonds. The van der Waals surface area contributed by atoms with Crippen molar-refractivity contribution < 1.29 is 9.90 Å². The minimum Gasteiger partial charge on any atom is -0.396 e. The van der Waals surface area contributed by atoms with Crippen LogP contribution >= 0.6 is 0 Å². The Bertz CT molecular complexity index is 253. The monoisotopic (exact) mass is 239 g/mol. The zero-order valence-electron chi connectivity index (χ0n) is 10.7. The maximum Gasteiger partial charge on any atom is 0.223 e. The third-order valence-electron chi connectivity index (χ3n) is 4.61. The number of aliphatic hydroxyl groups excluding tert-OH is 1. The summed E-state index contributed by atoms with van der Waals surface area (Å²) in [7, 11) is 0. The van der Waals surface area contributed by atoms with Gasteiger partial charge in [-0.15, -0.1) is 0 Å². The average Bonchev–Trinajstić information content (AvgIpc) is 2.86. The normalized spacial score (nSPS) is 24.8. The second kappa shape index (κ2) is 5.85. The van der Waals surface area contributed by atoms with E-state index in [-0.39, 0.29) is 23.8 Å². The number of nitrogens with one attached hydrogen (secondary N) is 1. The molecule has 3 heteroatoms. The predicted octanol–water partition coefficient (Wildman–Crippen LogP) is 2.24. The summed E-state index contributed by atoms with van der Waals surface area (Å²) in [6.07, 6.45) is 10.3. The zero-order valence-corrected chi connectivity index (χ0v) is 10.7. The Morgan fingerprint density at radius 3 is 2.35 bits per heavy atom. The summed E-state index contributed by atoms with van der Waals surface area (Å²) in [4.78, 5) is 12.0. The molecule has 0 aromatic carbocycles. The number of carbonyl (C=O) groups excluding carboxylic acids is 1. The summed E-state index contributed by atoms with van der Waals surface area (Å²) in [5.41, 5.74) is -0.00960. The van der Waals surface area contributed by atoms with Crippen LogP contribution in [0, 0.1) is 11.3 Å². The highest BCUT2D eigenvalue weighted by Gasteiger charge is 2.34. The zero-order chi connectivity index (χ0) is 12.1. The molecule has 17 heavy (non-hydrogen) atoms. The van der Waals surface area contributed by atoms with E-state index in [2.05, 4.69) is 5.32 Å². The van der Waals surface area contributed by atoms with E-state index in [0.717, 1.165) is 25.7 Å². The van der Waals surface area contributed by atoms with Crippen molar-refractivity contribution in [3.05, 3.63) is 0 Å². The molecule has 0 aliphatic heterocycles. The number of hydrogen-bond donors (Lipinski definition) is 2. The van der Waals surface area contributed by atoms with Crippen molar-refractivity contribution in [3.8, 4) is 0 Å². The Kier molecular flexibility index (Phi) is 4.43. The van der Waals surface area contributed by atoms with E-state index in [1.54, 1.807) is 0 Å². The van der Waals surface area contributed by atoms with Gasteiger partial charge in [-0.3, -0.25) is 4.79 Å². The first kappa shape index (κ1) is 12.9. The average molecular weight is 239 g/mol. The van der Waals surface area contributed by atoms with Gasteiger partial charge < -0.3 is 10.4 Å². The van der Waals surface area contributed by atoms with Gasteiger partial charge in [-0.25, -0.2) is 0 Å². The molecule has 0 spiro atoms. The maximum atomic E-state index is 12.0. The molecular weight excluding hydrogens is 214 g/mol. The van der Waals surface area contributed by atoms with Crippen LogP contribution in [-0.2, 0) is 4.79 Å². The smallest absolute Gasteiger partial charge is 0.223 e. The Hall–Kier alpha value is -0.570. The Labute approximate surface area is 104 Å². The Morgan fingerprint density at radius 2 is 1.76 bits per heavy atom. The molecule has 0 radical (unpaired) electrons. The topological polar surface area (TPSA) is 49.3 Å². The summed E-state index contributed by atoms with van der Waals surface area (Å²) in [5, 5.41) is 12.6. The largest absolute Gasteiger partial charge is 0.396 e. The van der Waals surface area contributed by atoms with Crippen LogP contribution in [0.2, 0.25) is 0 Å². The maximum absolute atomic E-state index is 12.0. The molecule has 0 heterocycles. The van der Waals surface area contributed by atoms with E-state index >= 15 is 0 Å². The van der Waals surface area contributed by atoms with Gasteiger partial charge in [0, 0.05) is 17.9 Å². The van der Waals surface area contributed by atoms with Crippen molar-refractivity contribution >= 4 is 5.91 Å². The molecule has 2 fully saturated rings. The van der Waals surface area contributed by atoms with E-state index < -0.39 is 0 Å². The van der Waals surface area contributed by atoms with Crippen LogP contribution in [-0.4, -0.2) is 24.2 Å². The number of rotatable bonds is 4. The molecule has 0 atom stereocenters. The van der Waals surface area contributed by atoms with Gasteiger partial charge in [-0.1, -0.05) is 32.1 Å². The fraction of sp³-hybridized carbons (Fsp3) is 0.929. The molecular formula is C14H25NO2. The molecule has 2 saturated carbocycles. The predicted molar refractivity (Wildman–Crippen MR) is 67.6 cm³/mol. The first-order valence-corrected chi connectivity index (χ1v) is 7.14. The van der Waals surface area contributed by atoms with Crippen LogP contribution in [0.3, 0.4) is 0 Å². The van der Waals surface area contributed by atoms with E-state index in [9.17, 15) is 9.90 Å². The summed E-state index contributed by atoms with van der Waals surface area (Å²) in [6, 6.07) is 0. The minimum atomic E-state index is -0.00960. The number of hydrogen-bond acceptors (Lipinski definition) is 2. The lowest BCUT2D eigenvalue weighted by Gasteiger charge is -2.28. The van der Waals surface area contributed by atoms with Crippen molar-refractivity contribution in [1.82, 2.24) is 5.32 Å². The fourth-order valence-electron chi connectivity index (χ4n) is 3.30. The molecule has 0 unspecified atom stereocenters. The lowest BCUT2D eigenvalue weighted by molar-refractivity contribution is -0.126. The van der Waals surface area contributed by atoms with Crippen molar-refractivity contribution in [2.75, 3.05) is 13.2 Å². The number of carbonyl (C=O) groups is 1. The van der Waals surface area contributed by atoms with Gasteiger partial charge in [0.25, 0.3) is 0 Å². The molecule has 98 valence electrons. The Morgan fingerprint density at radius 1 is 1.12 bits per heavy atom. The van der Waals surface area contributed by atoms with Crippen LogP contribution in [0.15, 0.2) is 0 Å². The fourth-order valence-corrected chi connectivity index (χ4v) is 3.30. The van der Waals surface area contributed by atoms with E-state index in [1.807, 2.05) is 0 Å². The highest BCUT2D eigenvalue weighted by Crippen LogP contribution is 2.37. The van der Waals surface area contributed by atoms with Gasteiger partial charge >= 0.3 is 0 Å². The SMILES string of the molecule is O=C(NCC1(CO)CCCC1)C1CCCCC1. The summed E-state index contributed by atoms with van der Waals surface area (Å²) >= 11 is 0. The number of amides is 1. The standard InChI is InChI=1S/C14H25NO2/c16-11-14(8-4-5-9-14)10-15-13(17)12-6-2-1-3-7-12/h12,16H,1-11H2,(H,15,17). The van der Waals surface area contributed by atoms with Crippen LogP contribution in [0.5, 0.6) is 0 Å². The van der Waals surface area contributed by atoms with E-state index in [1.165, 1.54) is 32.1 Å². The van der Waals surface area contributed by atoms with Gasteiger partial charge in [0.1, 0.15) is 0 Å². The molecule has 2 N–H and O–H groups in total. The van der Waals surface area contributed by atoms with E-state index in [4.69, 9.17) is 0 Å². The van der Waals surface area contributed by atoms with Gasteiger partial charge in [0.05, 0.1) is 6.61 Å². The van der Waals surface area contributed by atoms with Crippen molar-refractivity contribution in [3.63, 3.8) is 0 Å². The van der Waals surface area contributed by atoms with Crippen LogP contribution in [0.4, 0.5) is 0 Å². The van der Waals surface area contributed by atoms with Crippen molar-refractivity contribution in [2.24, 2.45) is 11.3 Å². The summed E-state index contributed by atoms with van der Waals surface area (Å²) in [6.45, 7) is 0.900. The third kappa shape index (κ3) is 3.21. The molecule has 2 aliphatic carbocycles. The highest BCUT2D eigenvalue weighted by molar-refractivity contribution is 5.78. The van der Waals surface area contributed by atoms with Crippen LogP contribution < -0.4 is 5.32 Å². The second-order valence-corrected chi connectivity index (χ2v) is 5.92. The van der Waals surface area contributed by atoms with Gasteiger partial charge in [-0.05, 0) is 25.7 Å². The van der Waals surface area contributed by atoms with E-state index in [0.29, 0.717) is 6.54 Å². The number of aliphatic hydroxyl groups is 1. The van der Waals surface area contributed by atoms with Crippen molar-refractivity contribution in [1.29, 1.82) is 0 Å². The first-order valence-electron chi connectivity index (χ1n) is 7.14. The van der Waals surface area contributed by atoms with Crippen LogP contribution in [0.1, 0.15) is 57.8 Å². The molecule has 0 aromatic heterocycles. The first-order chi connectivity index (χ1) is 8.26. The van der Waals surface area contributed by atoms with Crippen LogP contribution in [0.25, 0.3) is 0 Å². The minimum absolute atomic E-state index is 0.00960. The lowest BCUT2D eigenvalue weighted by Crippen LogP contribution is -2.41. The second-order valence-electron chi connectivity index (χ2n) is 5.92. The summed E-state index contributed by atoms with van der Waals surface area (Å²) in [5.74, 6) is 0.463. The van der Waals surface area contributed by atoms with Crippen molar-refractivity contribution in [2.45, 2.75) is 57.8 Å². The quantitative estimate of drug-likeness (QED) is 0.790. The van der Waals surface area contributed by atoms with Gasteiger partial charge in [0.15, 0.2) is 0 Å². The molecule has 0 saturated heterocycles. The molecule has 0 aromatic rings. The summed E-state index contributed by atoms with van der Waals surface area (Å²) < 4.78 is 0. The molecule has 0 bridgehead atoms.